The molecule has 2 aromatic heterocycles. The third-order valence-corrected chi connectivity index (χ3v) is 7.39. The first-order valence-electron chi connectivity index (χ1n) is 11.8. The van der Waals surface area contributed by atoms with E-state index in [1.807, 2.05) is 12.1 Å². The number of anilines is 3. The summed E-state index contributed by atoms with van der Waals surface area (Å²) in [5.41, 5.74) is 1.78. The van der Waals surface area contributed by atoms with Crippen molar-refractivity contribution >= 4 is 28.4 Å². The second-order valence-corrected chi connectivity index (χ2v) is 10.1. The van der Waals surface area contributed by atoms with Crippen LogP contribution in [-0.2, 0) is 0 Å². The number of nitrogens with zero attached hydrogens (tertiary/aromatic N) is 6. The maximum atomic E-state index is 14.9. The molecule has 0 radical (unpaired) electrons. The number of nitrogens with one attached hydrogen (secondary N) is 1. The topological polar surface area (TPSA) is 90.1 Å². The van der Waals surface area contributed by atoms with Gasteiger partial charge in [-0.25, -0.2) is 9.37 Å². The maximum Gasteiger partial charge on any atom is 0.270 e. The van der Waals surface area contributed by atoms with E-state index in [2.05, 4.69) is 32.1 Å². The number of pyridine rings is 1. The van der Waals surface area contributed by atoms with Gasteiger partial charge in [-0.05, 0) is 44.2 Å². The summed E-state index contributed by atoms with van der Waals surface area (Å²) in [7, 11) is 2.11. The van der Waals surface area contributed by atoms with Gasteiger partial charge < -0.3 is 15.1 Å². The van der Waals surface area contributed by atoms with E-state index in [0.29, 0.717) is 27.8 Å². The second kappa shape index (κ2) is 7.77. The average molecular weight is 460 g/mol. The Morgan fingerprint density at radius 2 is 1.94 bits per heavy atom. The molecule has 0 bridgehead atoms. The first-order valence-corrected chi connectivity index (χ1v) is 11.8. The molecule has 174 valence electrons. The van der Waals surface area contributed by atoms with Gasteiger partial charge in [0.1, 0.15) is 23.1 Å². The average Bonchev–Trinajstić information content (AvgIpc) is 3.30. The Kier molecular flexibility index (Phi) is 4.81. The van der Waals surface area contributed by atoms with Crippen molar-refractivity contribution in [1.29, 1.82) is 5.26 Å². The van der Waals surface area contributed by atoms with E-state index >= 15 is 0 Å². The van der Waals surface area contributed by atoms with Crippen molar-refractivity contribution in [3.63, 3.8) is 0 Å². The lowest BCUT2D eigenvalue weighted by Crippen LogP contribution is -2.71. The van der Waals surface area contributed by atoms with Gasteiger partial charge in [-0.2, -0.15) is 10.2 Å². The molecular weight excluding hydrogens is 433 g/mol. The summed E-state index contributed by atoms with van der Waals surface area (Å²) in [6, 6.07) is 8.65. The van der Waals surface area contributed by atoms with E-state index < -0.39 is 0 Å². The van der Waals surface area contributed by atoms with Crippen LogP contribution in [0, 0.1) is 22.6 Å². The molecule has 1 aromatic carbocycles. The standard InChI is InChI=1S/C25H26FN7O/c1-31-12-25(13-31)14-32(15-25)21-7-6-18(9-20(21)26)29-24-28-11-17-8-16(10-27)23(34)33(22(17)30-24)19-4-2-3-5-19/h6-9,11,19H,2-5,12-15H2,1H3,(H,28,29,30). The van der Waals surface area contributed by atoms with Gasteiger partial charge in [0, 0.05) is 54.9 Å². The minimum absolute atomic E-state index is 0.0260. The Hall–Kier alpha value is -3.51. The summed E-state index contributed by atoms with van der Waals surface area (Å²) in [5, 5.41) is 13.1. The van der Waals surface area contributed by atoms with Crippen LogP contribution < -0.4 is 15.8 Å². The summed E-state index contributed by atoms with van der Waals surface area (Å²) in [6.07, 6.45) is 5.48. The summed E-state index contributed by atoms with van der Waals surface area (Å²) >= 11 is 0. The quantitative estimate of drug-likeness (QED) is 0.639. The zero-order valence-electron chi connectivity index (χ0n) is 19.1. The normalized spacial score (nSPS) is 19.7. The zero-order valence-corrected chi connectivity index (χ0v) is 19.1. The summed E-state index contributed by atoms with van der Waals surface area (Å²) in [4.78, 5) is 26.3. The van der Waals surface area contributed by atoms with Crippen LogP contribution in [0.3, 0.4) is 0 Å². The highest BCUT2D eigenvalue weighted by atomic mass is 19.1. The van der Waals surface area contributed by atoms with Gasteiger partial charge in [0.25, 0.3) is 5.56 Å². The first kappa shape index (κ1) is 21.1. The number of benzene rings is 1. The molecule has 1 N–H and O–H groups in total. The number of aromatic nitrogens is 3. The highest BCUT2D eigenvalue weighted by Crippen LogP contribution is 2.42. The minimum Gasteiger partial charge on any atom is -0.368 e. The van der Waals surface area contributed by atoms with Crippen LogP contribution in [0.25, 0.3) is 11.0 Å². The van der Waals surface area contributed by atoms with Gasteiger partial charge in [-0.1, -0.05) is 12.8 Å². The lowest BCUT2D eigenvalue weighted by atomic mass is 9.73. The highest BCUT2D eigenvalue weighted by molar-refractivity contribution is 5.77. The van der Waals surface area contributed by atoms with Crippen molar-refractivity contribution in [3.8, 4) is 6.07 Å². The Balaban J connectivity index is 1.27. The summed E-state index contributed by atoms with van der Waals surface area (Å²) in [5.74, 6) is 0.00533. The van der Waals surface area contributed by atoms with Gasteiger partial charge in [0.15, 0.2) is 0 Å². The van der Waals surface area contributed by atoms with Crippen molar-refractivity contribution in [3.05, 3.63) is 52.2 Å². The Bertz CT molecular complexity index is 1370. The lowest BCUT2D eigenvalue weighted by Gasteiger charge is -2.60. The van der Waals surface area contributed by atoms with Crippen LogP contribution >= 0.6 is 0 Å². The van der Waals surface area contributed by atoms with Crippen LogP contribution in [0.4, 0.5) is 21.7 Å². The van der Waals surface area contributed by atoms with Crippen molar-refractivity contribution in [2.24, 2.45) is 5.41 Å². The molecule has 3 aromatic rings. The predicted octanol–water partition coefficient (Wildman–Crippen LogP) is 3.41. The van der Waals surface area contributed by atoms with Gasteiger partial charge in [-0.3, -0.25) is 9.36 Å². The van der Waals surface area contributed by atoms with Gasteiger partial charge in [0.05, 0.1) is 5.69 Å². The predicted molar refractivity (Wildman–Crippen MR) is 128 cm³/mol. The molecule has 2 saturated heterocycles. The number of likely N-dealkylation sites (tertiary alicyclic amines) is 1. The molecule has 4 heterocycles. The van der Waals surface area contributed by atoms with Crippen molar-refractivity contribution in [2.75, 3.05) is 43.4 Å². The molecule has 0 amide bonds. The largest absolute Gasteiger partial charge is 0.368 e. The molecular formula is C25H26FN7O. The number of nitriles is 1. The molecule has 6 rings (SSSR count). The van der Waals surface area contributed by atoms with E-state index in [1.54, 1.807) is 22.9 Å². The molecule has 1 aliphatic carbocycles. The number of fused-ring (bicyclic) bond motifs is 1. The maximum absolute atomic E-state index is 14.9. The number of hydrogen-bond acceptors (Lipinski definition) is 7. The van der Waals surface area contributed by atoms with Crippen LogP contribution in [-0.4, -0.2) is 52.7 Å². The number of hydrogen-bond donors (Lipinski definition) is 1. The number of halogens is 1. The van der Waals surface area contributed by atoms with Gasteiger partial charge in [-0.15, -0.1) is 0 Å². The molecule has 3 aliphatic rings. The van der Waals surface area contributed by atoms with Crippen molar-refractivity contribution in [2.45, 2.75) is 31.7 Å². The van der Waals surface area contributed by atoms with E-state index in [4.69, 9.17) is 0 Å². The first-order chi connectivity index (χ1) is 16.4. The molecule has 2 aliphatic heterocycles. The fourth-order valence-corrected chi connectivity index (χ4v) is 5.96. The number of rotatable bonds is 4. The lowest BCUT2D eigenvalue weighted by molar-refractivity contribution is -0.00270. The van der Waals surface area contributed by atoms with Crippen LogP contribution in [0.15, 0.2) is 35.3 Å². The Morgan fingerprint density at radius 3 is 2.62 bits per heavy atom. The minimum atomic E-state index is -0.313. The molecule has 9 heteroatoms. The summed E-state index contributed by atoms with van der Waals surface area (Å²) < 4.78 is 16.6. The SMILES string of the molecule is CN1CC2(C1)CN(c1ccc(Nc3ncc4cc(C#N)c(=O)n(C5CCCC5)c4n3)cc1F)C2. The molecule has 3 fully saturated rings. The second-order valence-electron chi connectivity index (χ2n) is 10.1. The van der Waals surface area contributed by atoms with Crippen molar-refractivity contribution < 1.29 is 4.39 Å². The van der Waals surface area contributed by atoms with Gasteiger partial charge >= 0.3 is 0 Å². The Morgan fingerprint density at radius 1 is 1.18 bits per heavy atom. The molecule has 1 spiro atoms. The van der Waals surface area contributed by atoms with Crippen LogP contribution in [0.2, 0.25) is 0 Å². The third-order valence-electron chi connectivity index (χ3n) is 7.39. The van der Waals surface area contributed by atoms with Crippen LogP contribution in [0.1, 0.15) is 37.3 Å². The Labute approximate surface area is 196 Å². The van der Waals surface area contributed by atoms with Gasteiger partial charge in [0.2, 0.25) is 5.95 Å². The van der Waals surface area contributed by atoms with Crippen LogP contribution in [0.5, 0.6) is 0 Å². The fraction of sp³-hybridized carbons (Fsp3) is 0.440. The van der Waals surface area contributed by atoms with E-state index in [0.717, 1.165) is 51.9 Å². The fourth-order valence-electron chi connectivity index (χ4n) is 5.96. The zero-order chi connectivity index (χ0) is 23.4. The monoisotopic (exact) mass is 459 g/mol. The van der Waals surface area contributed by atoms with E-state index in [-0.39, 0.29) is 28.9 Å². The smallest absolute Gasteiger partial charge is 0.270 e. The van der Waals surface area contributed by atoms with E-state index in [1.165, 1.54) is 6.07 Å². The molecule has 1 saturated carbocycles. The molecule has 8 nitrogen and oxygen atoms in total. The molecule has 0 unspecified atom stereocenters. The van der Waals surface area contributed by atoms with Crippen molar-refractivity contribution in [1.82, 2.24) is 19.4 Å². The third kappa shape index (κ3) is 3.41. The van der Waals surface area contributed by atoms with E-state index in [9.17, 15) is 14.4 Å². The molecule has 34 heavy (non-hydrogen) atoms. The highest BCUT2D eigenvalue weighted by Gasteiger charge is 2.50. The molecule has 0 atom stereocenters. The summed E-state index contributed by atoms with van der Waals surface area (Å²) in [6.45, 7) is 3.92.